The highest BCUT2D eigenvalue weighted by Crippen LogP contribution is 2.21. The van der Waals surface area contributed by atoms with Crippen molar-refractivity contribution in [1.82, 2.24) is 4.98 Å². The van der Waals surface area contributed by atoms with E-state index in [9.17, 15) is 4.79 Å². The molecule has 1 amide bonds. The minimum atomic E-state index is -0.0452. The molecule has 2 N–H and O–H groups in total. The quantitative estimate of drug-likeness (QED) is 0.921. The summed E-state index contributed by atoms with van der Waals surface area (Å²) in [5.74, 6) is 0.692. The first-order valence-electron chi connectivity index (χ1n) is 6.21. The molecule has 0 saturated carbocycles. The number of amides is 1. The Hall–Kier alpha value is -2.56. The number of nitrogens with zero attached hydrogens (tertiary/aromatic N) is 2. The maximum atomic E-state index is 12.3. The third-order valence-corrected chi connectivity index (χ3v) is 3.05. The first kappa shape index (κ1) is 13.9. The molecule has 0 aliphatic rings. The number of hydrogen-bond donors (Lipinski definition) is 1. The molecule has 0 aliphatic heterocycles. The number of ether oxygens (including phenoxy) is 1. The van der Waals surface area contributed by atoms with Crippen molar-refractivity contribution >= 4 is 17.3 Å². The highest BCUT2D eigenvalue weighted by Gasteiger charge is 2.14. The number of rotatable bonds is 4. The molecule has 0 spiro atoms. The number of benzene rings is 1. The Morgan fingerprint density at radius 1 is 1.40 bits per heavy atom. The van der Waals surface area contributed by atoms with Gasteiger partial charge in [-0.2, -0.15) is 0 Å². The van der Waals surface area contributed by atoms with Crippen LogP contribution in [0.25, 0.3) is 0 Å². The first-order chi connectivity index (χ1) is 9.61. The molecule has 0 radical (unpaired) electrons. The van der Waals surface area contributed by atoms with Gasteiger partial charge in [0.05, 0.1) is 31.1 Å². The number of anilines is 2. The highest BCUT2D eigenvalue weighted by molar-refractivity contribution is 5.96. The van der Waals surface area contributed by atoms with Gasteiger partial charge in [0.2, 0.25) is 5.91 Å². The molecule has 1 aromatic heterocycles. The molecular weight excluding hydrogens is 254 g/mol. The molecule has 2 rings (SSSR count). The van der Waals surface area contributed by atoms with Gasteiger partial charge in [-0.15, -0.1) is 0 Å². The van der Waals surface area contributed by atoms with Crippen LogP contribution in [0.3, 0.4) is 0 Å². The van der Waals surface area contributed by atoms with Crippen molar-refractivity contribution in [2.24, 2.45) is 0 Å². The third kappa shape index (κ3) is 3.06. The molecule has 1 aromatic carbocycles. The molecule has 5 heteroatoms. The number of aromatic nitrogens is 1. The zero-order chi connectivity index (χ0) is 14.5. The Kier molecular flexibility index (Phi) is 4.20. The molecule has 0 aliphatic carbocycles. The summed E-state index contributed by atoms with van der Waals surface area (Å²) in [6.07, 6.45) is 3.43. The van der Waals surface area contributed by atoms with E-state index in [2.05, 4.69) is 4.98 Å². The molecule has 5 nitrogen and oxygen atoms in total. The van der Waals surface area contributed by atoms with Crippen LogP contribution in [0.15, 0.2) is 42.7 Å². The van der Waals surface area contributed by atoms with Gasteiger partial charge in [-0.25, -0.2) is 0 Å². The van der Waals surface area contributed by atoms with Gasteiger partial charge in [0.15, 0.2) is 0 Å². The lowest BCUT2D eigenvalue weighted by molar-refractivity contribution is -0.117. The molecule has 1 heterocycles. The van der Waals surface area contributed by atoms with Crippen LogP contribution >= 0.6 is 0 Å². The summed E-state index contributed by atoms with van der Waals surface area (Å²) in [4.78, 5) is 17.7. The SMILES string of the molecule is COc1cccc(CC(=O)N(C)c2ccncc2N)c1. The predicted molar refractivity (Wildman–Crippen MR) is 78.8 cm³/mol. The zero-order valence-corrected chi connectivity index (χ0v) is 11.5. The standard InChI is InChI=1S/C15H17N3O2/c1-18(14-6-7-17-10-13(14)16)15(19)9-11-4-3-5-12(8-11)20-2/h3-8,10H,9,16H2,1-2H3. The van der Waals surface area contributed by atoms with Gasteiger partial charge in [-0.05, 0) is 23.8 Å². The van der Waals surface area contributed by atoms with Crippen LogP contribution in [0.2, 0.25) is 0 Å². The molecule has 0 bridgehead atoms. The second-order valence-electron chi connectivity index (χ2n) is 4.42. The number of likely N-dealkylation sites (N-methyl/N-ethyl adjacent to an activating group) is 1. The number of hydrogen-bond acceptors (Lipinski definition) is 4. The van der Waals surface area contributed by atoms with E-state index < -0.39 is 0 Å². The summed E-state index contributed by atoms with van der Waals surface area (Å²) in [6.45, 7) is 0. The van der Waals surface area contributed by atoms with Crippen molar-refractivity contribution < 1.29 is 9.53 Å². The second-order valence-corrected chi connectivity index (χ2v) is 4.42. The van der Waals surface area contributed by atoms with Gasteiger partial charge in [0.25, 0.3) is 0 Å². The number of nitrogen functional groups attached to an aromatic ring is 1. The minimum Gasteiger partial charge on any atom is -0.497 e. The maximum absolute atomic E-state index is 12.3. The van der Waals surface area contributed by atoms with Gasteiger partial charge in [0, 0.05) is 13.2 Å². The molecule has 20 heavy (non-hydrogen) atoms. The van der Waals surface area contributed by atoms with Gasteiger partial charge in [0.1, 0.15) is 5.75 Å². The summed E-state index contributed by atoms with van der Waals surface area (Å²) in [5, 5.41) is 0. The Labute approximate surface area is 118 Å². The van der Waals surface area contributed by atoms with Crippen molar-refractivity contribution in [2.75, 3.05) is 24.8 Å². The van der Waals surface area contributed by atoms with E-state index >= 15 is 0 Å². The van der Waals surface area contributed by atoms with Crippen LogP contribution in [0.5, 0.6) is 5.75 Å². The van der Waals surface area contributed by atoms with Crippen LogP contribution in [0, 0.1) is 0 Å². The summed E-state index contributed by atoms with van der Waals surface area (Å²) in [5.41, 5.74) is 7.86. The molecule has 104 valence electrons. The Bertz CT molecular complexity index is 614. The van der Waals surface area contributed by atoms with Crippen LogP contribution in [-0.4, -0.2) is 25.0 Å². The summed E-state index contributed by atoms with van der Waals surface area (Å²) < 4.78 is 5.15. The van der Waals surface area contributed by atoms with Crippen LogP contribution in [0.1, 0.15) is 5.56 Å². The van der Waals surface area contributed by atoms with Crippen molar-refractivity contribution in [3.05, 3.63) is 48.3 Å². The average molecular weight is 271 g/mol. The largest absolute Gasteiger partial charge is 0.497 e. The van der Waals surface area contributed by atoms with Crippen molar-refractivity contribution in [3.63, 3.8) is 0 Å². The van der Waals surface area contributed by atoms with E-state index in [1.165, 1.54) is 11.1 Å². The van der Waals surface area contributed by atoms with E-state index in [4.69, 9.17) is 10.5 Å². The summed E-state index contributed by atoms with van der Waals surface area (Å²) >= 11 is 0. The lowest BCUT2D eigenvalue weighted by Gasteiger charge is -2.19. The van der Waals surface area contributed by atoms with Gasteiger partial charge >= 0.3 is 0 Å². The number of methoxy groups -OCH3 is 1. The minimum absolute atomic E-state index is 0.0452. The lowest BCUT2D eigenvalue weighted by atomic mass is 10.1. The molecular formula is C15H17N3O2. The van der Waals surface area contributed by atoms with Gasteiger partial charge < -0.3 is 15.4 Å². The molecule has 0 unspecified atom stereocenters. The van der Waals surface area contributed by atoms with Crippen molar-refractivity contribution in [3.8, 4) is 5.75 Å². The Morgan fingerprint density at radius 2 is 2.20 bits per heavy atom. The van der Waals surface area contributed by atoms with Crippen molar-refractivity contribution in [2.45, 2.75) is 6.42 Å². The molecule has 0 fully saturated rings. The number of nitrogens with two attached hydrogens (primary N) is 1. The average Bonchev–Trinajstić information content (AvgIpc) is 2.47. The van der Waals surface area contributed by atoms with E-state index in [1.807, 2.05) is 24.3 Å². The fraction of sp³-hybridized carbons (Fsp3) is 0.200. The van der Waals surface area contributed by atoms with E-state index in [0.717, 1.165) is 11.3 Å². The van der Waals surface area contributed by atoms with E-state index in [0.29, 0.717) is 11.4 Å². The smallest absolute Gasteiger partial charge is 0.231 e. The first-order valence-corrected chi connectivity index (χ1v) is 6.21. The fourth-order valence-electron chi connectivity index (χ4n) is 1.91. The summed E-state index contributed by atoms with van der Waals surface area (Å²) in [7, 11) is 3.30. The van der Waals surface area contributed by atoms with E-state index in [-0.39, 0.29) is 12.3 Å². The Morgan fingerprint density at radius 3 is 2.90 bits per heavy atom. The van der Waals surface area contributed by atoms with Crippen LogP contribution < -0.4 is 15.4 Å². The molecule has 2 aromatic rings. The van der Waals surface area contributed by atoms with Gasteiger partial charge in [-0.3, -0.25) is 9.78 Å². The van der Waals surface area contributed by atoms with Crippen LogP contribution in [-0.2, 0) is 11.2 Å². The zero-order valence-electron chi connectivity index (χ0n) is 11.5. The fourth-order valence-corrected chi connectivity index (χ4v) is 1.91. The number of carbonyl (C=O) groups is 1. The van der Waals surface area contributed by atoms with Crippen molar-refractivity contribution in [1.29, 1.82) is 0 Å². The molecule has 0 atom stereocenters. The lowest BCUT2D eigenvalue weighted by Crippen LogP contribution is -2.28. The number of pyridine rings is 1. The third-order valence-electron chi connectivity index (χ3n) is 3.05. The second kappa shape index (κ2) is 6.06. The topological polar surface area (TPSA) is 68.5 Å². The molecule has 0 saturated heterocycles. The summed E-state index contributed by atoms with van der Waals surface area (Å²) in [6, 6.07) is 9.17. The van der Waals surface area contributed by atoms with E-state index in [1.54, 1.807) is 26.4 Å². The van der Waals surface area contributed by atoms with Crippen LogP contribution in [0.4, 0.5) is 11.4 Å². The Balaban J connectivity index is 2.13. The number of carbonyl (C=O) groups excluding carboxylic acids is 1. The van der Waals surface area contributed by atoms with Gasteiger partial charge in [-0.1, -0.05) is 12.1 Å². The highest BCUT2D eigenvalue weighted by atomic mass is 16.5. The predicted octanol–water partition coefficient (Wildman–Crippen LogP) is 1.88. The maximum Gasteiger partial charge on any atom is 0.231 e. The monoisotopic (exact) mass is 271 g/mol. The normalized spacial score (nSPS) is 10.1.